The Morgan fingerprint density at radius 2 is 1.49 bits per heavy atom. The van der Waals surface area contributed by atoms with Crippen LogP contribution in [0.15, 0.2) is 9.79 Å². The molecule has 1 aromatic rings. The summed E-state index contributed by atoms with van der Waals surface area (Å²) in [5, 5.41) is 11.5. The van der Waals surface area contributed by atoms with Crippen molar-refractivity contribution in [1.29, 1.82) is 0 Å². The molecule has 0 heterocycles. The van der Waals surface area contributed by atoms with Crippen molar-refractivity contribution in [1.82, 2.24) is 0 Å². The van der Waals surface area contributed by atoms with Crippen LogP contribution in [0.2, 0.25) is 0 Å². The molecule has 4 fully saturated rings. The molecular formula is C35H52F4O4S2. The molecule has 45 heavy (non-hydrogen) atoms. The number of ether oxygens (including phenoxy) is 1. The van der Waals surface area contributed by atoms with Gasteiger partial charge >= 0.3 is 0 Å². The number of benzene rings is 1. The van der Waals surface area contributed by atoms with Gasteiger partial charge in [0, 0.05) is 5.75 Å². The highest BCUT2D eigenvalue weighted by atomic mass is 32.2. The van der Waals surface area contributed by atoms with E-state index in [9.17, 15) is 17.6 Å². The molecule has 4 aliphatic rings. The van der Waals surface area contributed by atoms with Gasteiger partial charge in [0.15, 0.2) is 23.3 Å². The molecule has 0 bridgehead atoms. The third-order valence-corrected chi connectivity index (χ3v) is 14.5. The van der Waals surface area contributed by atoms with E-state index in [1.165, 1.54) is 57.8 Å². The first-order valence-electron chi connectivity index (χ1n) is 17.2. The zero-order chi connectivity index (χ0) is 32.5. The van der Waals surface area contributed by atoms with Gasteiger partial charge < -0.3 is 4.74 Å². The minimum atomic E-state index is -1.60. The molecule has 5 rings (SSSR count). The lowest BCUT2D eigenvalue weighted by atomic mass is 9.44. The van der Waals surface area contributed by atoms with Gasteiger partial charge in [-0.05, 0) is 110 Å². The summed E-state index contributed by atoms with van der Waals surface area (Å²) in [7, 11) is 0. The molecule has 4 saturated carbocycles. The topological polar surface area (TPSA) is 47.9 Å². The Kier molecular flexibility index (Phi) is 11.9. The number of hydrogen-bond donors (Lipinski definition) is 1. The summed E-state index contributed by atoms with van der Waals surface area (Å²) >= 11 is 0.536. The highest BCUT2D eigenvalue weighted by Crippen LogP contribution is 2.68. The SMILES string of the molecule is CC(C)CCCC(C)C1CCC2C3CCC4C[C@@H](OCCSc5c(F)c(F)c(SOOO)c(F)c5F)CC[C@]4(C)C3CC[C@]12C. The Bertz CT molecular complexity index is 1140. The van der Waals surface area contributed by atoms with E-state index in [-0.39, 0.29) is 30.5 Å². The quantitative estimate of drug-likeness (QED) is 0.0427. The van der Waals surface area contributed by atoms with Crippen LogP contribution >= 0.6 is 23.8 Å². The third kappa shape index (κ3) is 7.12. The van der Waals surface area contributed by atoms with Crippen LogP contribution in [0, 0.1) is 75.5 Å². The van der Waals surface area contributed by atoms with Crippen molar-refractivity contribution >= 4 is 23.8 Å². The predicted molar refractivity (Wildman–Crippen MR) is 170 cm³/mol. The summed E-state index contributed by atoms with van der Waals surface area (Å²) in [6.45, 7) is 12.6. The third-order valence-electron chi connectivity index (χ3n) is 12.8. The fourth-order valence-corrected chi connectivity index (χ4v) is 11.8. The zero-order valence-electron chi connectivity index (χ0n) is 27.5. The molecule has 1 aromatic carbocycles. The summed E-state index contributed by atoms with van der Waals surface area (Å²) in [5.41, 5.74) is 0.830. The lowest BCUT2D eigenvalue weighted by Gasteiger charge is -2.61. The Morgan fingerprint density at radius 3 is 2.18 bits per heavy atom. The van der Waals surface area contributed by atoms with Crippen LogP contribution in [-0.2, 0) is 14.1 Å². The van der Waals surface area contributed by atoms with Crippen LogP contribution in [0.4, 0.5) is 17.6 Å². The van der Waals surface area contributed by atoms with Crippen LogP contribution in [0.1, 0.15) is 112 Å². The number of hydrogen-bond acceptors (Lipinski definition) is 6. The van der Waals surface area contributed by atoms with E-state index in [0.717, 1.165) is 54.8 Å². The lowest BCUT2D eigenvalue weighted by molar-refractivity contribution is -0.432. The standard InChI is InChI=1S/C35H52F4O4S2/c1-20(2)7-6-8-21(3)25-11-12-26-24-10-9-22-19-23(13-15-34(22,4)27(24)14-16-35(25,26)5)41-17-18-44-32-28(36)30(38)33(45-43-42-40)31(39)29(32)37/h20-27,40H,6-19H2,1-5H3/t21?,22?,23-,24?,25?,26?,27?,34-,35+/m0/s1. The molecule has 1 N–H and O–H groups in total. The average Bonchev–Trinajstić information content (AvgIpc) is 3.37. The van der Waals surface area contributed by atoms with Crippen molar-refractivity contribution in [2.45, 2.75) is 128 Å². The van der Waals surface area contributed by atoms with Crippen molar-refractivity contribution in [3.8, 4) is 0 Å². The number of fused-ring (bicyclic) bond motifs is 5. The summed E-state index contributed by atoms with van der Waals surface area (Å²) in [6.07, 6.45) is 15.4. The van der Waals surface area contributed by atoms with Gasteiger partial charge in [-0.15, -0.1) is 16.1 Å². The number of rotatable bonds is 13. The van der Waals surface area contributed by atoms with E-state index in [1.54, 1.807) is 0 Å². The molecular weight excluding hydrogens is 625 g/mol. The second-order valence-electron chi connectivity index (χ2n) is 15.4. The van der Waals surface area contributed by atoms with E-state index in [2.05, 4.69) is 44.0 Å². The van der Waals surface area contributed by atoms with Gasteiger partial charge in [0.2, 0.25) is 0 Å². The highest BCUT2D eigenvalue weighted by molar-refractivity contribution is 7.99. The molecule has 256 valence electrons. The maximum absolute atomic E-state index is 14.5. The molecule has 0 spiro atoms. The average molecular weight is 677 g/mol. The molecule has 9 atom stereocenters. The first-order chi connectivity index (χ1) is 21.4. The normalized spacial score (nSPS) is 35.3. The molecule has 0 saturated heterocycles. The Labute approximate surface area is 275 Å². The van der Waals surface area contributed by atoms with Gasteiger partial charge in [-0.25, -0.2) is 22.8 Å². The smallest absolute Gasteiger partial charge is 0.179 e. The second-order valence-corrected chi connectivity index (χ2v) is 17.3. The van der Waals surface area contributed by atoms with Crippen molar-refractivity contribution < 1.29 is 36.9 Å². The second kappa shape index (κ2) is 14.9. The fourth-order valence-electron chi connectivity index (χ4n) is 10.6. The summed E-state index contributed by atoms with van der Waals surface area (Å²) in [6, 6.07) is 0. The van der Waals surface area contributed by atoms with E-state index in [4.69, 9.17) is 9.99 Å². The van der Waals surface area contributed by atoms with Crippen molar-refractivity contribution in [2.75, 3.05) is 12.4 Å². The largest absolute Gasteiger partial charge is 0.377 e. The van der Waals surface area contributed by atoms with Gasteiger partial charge in [-0.3, -0.25) is 0 Å². The van der Waals surface area contributed by atoms with Gasteiger partial charge in [-0.2, -0.15) is 0 Å². The molecule has 0 aromatic heterocycles. The van der Waals surface area contributed by atoms with Crippen molar-refractivity contribution in [2.24, 2.45) is 52.3 Å². The molecule has 6 unspecified atom stereocenters. The Hall–Kier alpha value is -0.520. The van der Waals surface area contributed by atoms with E-state index in [1.807, 2.05) is 0 Å². The van der Waals surface area contributed by atoms with Crippen LogP contribution in [-0.4, -0.2) is 23.7 Å². The summed E-state index contributed by atoms with van der Waals surface area (Å²) in [5.74, 6) is -0.485. The zero-order valence-corrected chi connectivity index (χ0v) is 29.2. The van der Waals surface area contributed by atoms with Gasteiger partial charge in [-0.1, -0.05) is 58.9 Å². The minimum absolute atomic E-state index is 0.0919. The maximum Gasteiger partial charge on any atom is 0.179 e. The molecule has 0 radical (unpaired) electrons. The lowest BCUT2D eigenvalue weighted by Crippen LogP contribution is -2.54. The van der Waals surface area contributed by atoms with Crippen LogP contribution in [0.25, 0.3) is 0 Å². The van der Waals surface area contributed by atoms with E-state index < -0.39 is 33.1 Å². The minimum Gasteiger partial charge on any atom is -0.377 e. The Morgan fingerprint density at radius 1 is 0.822 bits per heavy atom. The molecule has 0 amide bonds. The molecule has 0 aliphatic heterocycles. The van der Waals surface area contributed by atoms with Gasteiger partial charge in [0.1, 0.15) is 4.90 Å². The van der Waals surface area contributed by atoms with Crippen LogP contribution in [0.3, 0.4) is 0 Å². The van der Waals surface area contributed by atoms with Gasteiger partial charge in [0.05, 0.1) is 29.6 Å². The first kappa shape index (κ1) is 35.8. The number of halogens is 4. The monoisotopic (exact) mass is 676 g/mol. The summed E-state index contributed by atoms with van der Waals surface area (Å²) in [4.78, 5) is -1.80. The number of thioether (sulfide) groups is 1. The molecule has 10 heteroatoms. The van der Waals surface area contributed by atoms with Crippen LogP contribution < -0.4 is 0 Å². The van der Waals surface area contributed by atoms with E-state index >= 15 is 0 Å². The maximum atomic E-state index is 14.5. The van der Waals surface area contributed by atoms with E-state index in [0.29, 0.717) is 28.5 Å². The van der Waals surface area contributed by atoms with Crippen LogP contribution in [0.5, 0.6) is 0 Å². The predicted octanol–water partition coefficient (Wildman–Crippen LogP) is 11.3. The fraction of sp³-hybridized carbons (Fsp3) is 0.829. The van der Waals surface area contributed by atoms with Crippen molar-refractivity contribution in [3.05, 3.63) is 23.3 Å². The molecule has 4 nitrogen and oxygen atoms in total. The Balaban J connectivity index is 1.13. The van der Waals surface area contributed by atoms with Crippen molar-refractivity contribution in [3.63, 3.8) is 0 Å². The van der Waals surface area contributed by atoms with Gasteiger partial charge in [0.25, 0.3) is 0 Å². The summed E-state index contributed by atoms with van der Waals surface area (Å²) < 4.78 is 67.7. The highest BCUT2D eigenvalue weighted by Gasteiger charge is 2.60. The first-order valence-corrected chi connectivity index (χ1v) is 18.9. The molecule has 4 aliphatic carbocycles.